The summed E-state index contributed by atoms with van der Waals surface area (Å²) in [6.45, 7) is 0.638. The highest BCUT2D eigenvalue weighted by molar-refractivity contribution is 7.80. The minimum atomic E-state index is 0.536. The monoisotopic (exact) mass is 195 g/mol. The number of nitrogens with zero attached hydrogens (tertiary/aromatic N) is 1. The summed E-state index contributed by atoms with van der Waals surface area (Å²) >= 11 is 4.04. The predicted molar refractivity (Wildman–Crippen MR) is 60.3 cm³/mol. The van der Waals surface area contributed by atoms with Crippen LogP contribution >= 0.6 is 12.6 Å². The van der Waals surface area contributed by atoms with Gasteiger partial charge < -0.3 is 11.5 Å². The van der Waals surface area contributed by atoms with Gasteiger partial charge in [-0.3, -0.25) is 4.99 Å². The zero-order valence-electron chi connectivity index (χ0n) is 7.27. The number of aliphatic imine (C=N–C) groups is 1. The largest absolute Gasteiger partial charge is 0.399 e. The van der Waals surface area contributed by atoms with Gasteiger partial charge in [0, 0.05) is 17.0 Å². The zero-order chi connectivity index (χ0) is 9.68. The molecule has 0 aliphatic rings. The summed E-state index contributed by atoms with van der Waals surface area (Å²) < 4.78 is 0. The predicted octanol–water partition coefficient (Wildman–Crippen LogP) is 0.904. The van der Waals surface area contributed by atoms with E-state index in [2.05, 4.69) is 17.6 Å². The molecule has 0 amide bonds. The number of amidine groups is 1. The topological polar surface area (TPSA) is 64.4 Å². The first-order valence-electron chi connectivity index (χ1n) is 4.00. The van der Waals surface area contributed by atoms with Crippen LogP contribution in [0, 0.1) is 0 Å². The molecule has 0 saturated carbocycles. The van der Waals surface area contributed by atoms with Crippen molar-refractivity contribution in [3.63, 3.8) is 0 Å². The van der Waals surface area contributed by atoms with E-state index in [1.54, 1.807) is 12.1 Å². The minimum absolute atomic E-state index is 0.536. The number of benzene rings is 1. The van der Waals surface area contributed by atoms with Crippen molar-refractivity contribution < 1.29 is 0 Å². The second-order valence-electron chi connectivity index (χ2n) is 2.61. The van der Waals surface area contributed by atoms with Gasteiger partial charge in [-0.25, -0.2) is 0 Å². The van der Waals surface area contributed by atoms with Gasteiger partial charge in [-0.15, -0.1) is 0 Å². The van der Waals surface area contributed by atoms with Gasteiger partial charge in [0.25, 0.3) is 0 Å². The lowest BCUT2D eigenvalue weighted by Gasteiger charge is -2.00. The standard InChI is InChI=1S/C9H13N3S/c10-8-3-1-7(2-4-8)9(11)12-5-6-13/h1-4,13H,5-6,10H2,(H2,11,12). The summed E-state index contributed by atoms with van der Waals surface area (Å²) in [4.78, 5) is 4.12. The minimum Gasteiger partial charge on any atom is -0.399 e. The average molecular weight is 195 g/mol. The molecule has 0 fully saturated rings. The number of anilines is 1. The smallest absolute Gasteiger partial charge is 0.125 e. The maximum Gasteiger partial charge on any atom is 0.125 e. The Hall–Kier alpha value is -1.16. The first kappa shape index (κ1) is 9.92. The quantitative estimate of drug-likeness (QED) is 0.290. The third-order valence-corrected chi connectivity index (χ3v) is 1.79. The molecule has 0 aliphatic heterocycles. The van der Waals surface area contributed by atoms with Gasteiger partial charge >= 0.3 is 0 Å². The Labute approximate surface area is 83.3 Å². The molecule has 0 unspecified atom stereocenters. The molecule has 0 saturated heterocycles. The Morgan fingerprint density at radius 3 is 2.46 bits per heavy atom. The normalized spacial score (nSPS) is 11.6. The Kier molecular flexibility index (Phi) is 3.64. The highest BCUT2D eigenvalue weighted by atomic mass is 32.1. The van der Waals surface area contributed by atoms with Crippen LogP contribution in [-0.4, -0.2) is 18.1 Å². The van der Waals surface area contributed by atoms with Crippen LogP contribution in [0.25, 0.3) is 0 Å². The van der Waals surface area contributed by atoms with Crippen molar-refractivity contribution in [2.45, 2.75) is 0 Å². The Bertz CT molecular complexity index is 292. The Morgan fingerprint density at radius 1 is 1.31 bits per heavy atom. The van der Waals surface area contributed by atoms with Crippen molar-refractivity contribution in [2.75, 3.05) is 18.0 Å². The maximum atomic E-state index is 5.71. The Morgan fingerprint density at radius 2 is 1.92 bits per heavy atom. The number of hydrogen-bond donors (Lipinski definition) is 3. The molecule has 0 aromatic heterocycles. The van der Waals surface area contributed by atoms with Crippen molar-refractivity contribution in [2.24, 2.45) is 10.7 Å². The van der Waals surface area contributed by atoms with Gasteiger partial charge in [-0.05, 0) is 24.3 Å². The number of nitrogen functional groups attached to an aromatic ring is 1. The molecule has 1 aromatic rings. The van der Waals surface area contributed by atoms with Gasteiger partial charge in [-0.1, -0.05) is 0 Å². The SMILES string of the molecule is NC(=NCCS)c1ccc(N)cc1. The second-order valence-corrected chi connectivity index (χ2v) is 3.06. The average Bonchev–Trinajstić information content (AvgIpc) is 2.15. The first-order chi connectivity index (χ1) is 6.24. The molecular weight excluding hydrogens is 182 g/mol. The van der Waals surface area contributed by atoms with Crippen molar-refractivity contribution in [3.05, 3.63) is 29.8 Å². The fourth-order valence-corrected chi connectivity index (χ4v) is 1.02. The lowest BCUT2D eigenvalue weighted by molar-refractivity contribution is 1.14. The van der Waals surface area contributed by atoms with Crippen molar-refractivity contribution in [1.82, 2.24) is 0 Å². The van der Waals surface area contributed by atoms with Gasteiger partial charge in [0.2, 0.25) is 0 Å². The van der Waals surface area contributed by atoms with Crippen LogP contribution in [0.2, 0.25) is 0 Å². The molecule has 0 heterocycles. The van der Waals surface area contributed by atoms with E-state index in [0.717, 1.165) is 11.3 Å². The summed E-state index contributed by atoms with van der Waals surface area (Å²) in [5, 5.41) is 0. The molecule has 1 rings (SSSR count). The number of hydrogen-bond acceptors (Lipinski definition) is 3. The van der Waals surface area contributed by atoms with Crippen LogP contribution in [0.1, 0.15) is 5.56 Å². The number of rotatable bonds is 3. The molecule has 0 radical (unpaired) electrons. The van der Waals surface area contributed by atoms with E-state index in [1.165, 1.54) is 0 Å². The molecule has 4 N–H and O–H groups in total. The molecule has 1 aromatic carbocycles. The summed E-state index contributed by atoms with van der Waals surface area (Å²) in [6, 6.07) is 7.32. The molecule has 0 spiro atoms. The van der Waals surface area contributed by atoms with Gasteiger partial charge in [-0.2, -0.15) is 12.6 Å². The van der Waals surface area contributed by atoms with Crippen molar-refractivity contribution in [3.8, 4) is 0 Å². The lowest BCUT2D eigenvalue weighted by Crippen LogP contribution is -2.14. The van der Waals surface area contributed by atoms with E-state index in [0.29, 0.717) is 18.1 Å². The highest BCUT2D eigenvalue weighted by Crippen LogP contribution is 2.04. The van der Waals surface area contributed by atoms with E-state index >= 15 is 0 Å². The fraction of sp³-hybridized carbons (Fsp3) is 0.222. The first-order valence-corrected chi connectivity index (χ1v) is 4.64. The van der Waals surface area contributed by atoms with Crippen molar-refractivity contribution in [1.29, 1.82) is 0 Å². The summed E-state index contributed by atoms with van der Waals surface area (Å²) in [5.41, 5.74) is 12.9. The highest BCUT2D eigenvalue weighted by Gasteiger charge is 1.95. The molecule has 3 nitrogen and oxygen atoms in total. The van der Waals surface area contributed by atoms with E-state index in [9.17, 15) is 0 Å². The van der Waals surface area contributed by atoms with Crippen LogP contribution in [0.15, 0.2) is 29.3 Å². The zero-order valence-corrected chi connectivity index (χ0v) is 8.17. The second kappa shape index (κ2) is 4.77. The van der Waals surface area contributed by atoms with Gasteiger partial charge in [0.15, 0.2) is 0 Å². The van der Waals surface area contributed by atoms with Crippen molar-refractivity contribution >= 4 is 24.2 Å². The van der Waals surface area contributed by atoms with Crippen LogP contribution in [0.4, 0.5) is 5.69 Å². The van der Waals surface area contributed by atoms with E-state index in [1.807, 2.05) is 12.1 Å². The molecule has 70 valence electrons. The molecule has 4 heteroatoms. The third kappa shape index (κ3) is 2.99. The summed E-state index contributed by atoms with van der Waals surface area (Å²) in [7, 11) is 0. The van der Waals surface area contributed by atoms with Crippen LogP contribution in [0.5, 0.6) is 0 Å². The van der Waals surface area contributed by atoms with Crippen LogP contribution in [-0.2, 0) is 0 Å². The van der Waals surface area contributed by atoms with Crippen LogP contribution in [0.3, 0.4) is 0 Å². The molecular formula is C9H13N3S. The van der Waals surface area contributed by atoms with Crippen LogP contribution < -0.4 is 11.5 Å². The summed E-state index contributed by atoms with van der Waals surface area (Å²) in [6.07, 6.45) is 0. The summed E-state index contributed by atoms with van der Waals surface area (Å²) in [5.74, 6) is 1.24. The molecule has 0 bridgehead atoms. The van der Waals surface area contributed by atoms with E-state index in [-0.39, 0.29) is 0 Å². The third-order valence-electron chi connectivity index (χ3n) is 1.59. The maximum absolute atomic E-state index is 5.71. The molecule has 13 heavy (non-hydrogen) atoms. The van der Waals surface area contributed by atoms with E-state index < -0.39 is 0 Å². The number of thiol groups is 1. The fourth-order valence-electron chi connectivity index (χ4n) is 0.916. The Balaban J connectivity index is 2.77. The molecule has 0 atom stereocenters. The van der Waals surface area contributed by atoms with Gasteiger partial charge in [0.1, 0.15) is 5.84 Å². The number of nitrogens with two attached hydrogens (primary N) is 2. The van der Waals surface area contributed by atoms with E-state index in [4.69, 9.17) is 11.5 Å². The lowest BCUT2D eigenvalue weighted by atomic mass is 10.2. The van der Waals surface area contributed by atoms with Gasteiger partial charge in [0.05, 0.1) is 6.54 Å². The molecule has 0 aliphatic carbocycles.